The third-order valence-electron chi connectivity index (χ3n) is 5.60. The Kier molecular flexibility index (Phi) is 8.60. The van der Waals surface area contributed by atoms with Crippen LogP contribution in [-0.2, 0) is 38.8 Å². The predicted molar refractivity (Wildman–Crippen MR) is 123 cm³/mol. The molecule has 3 aromatic rings. The Hall–Kier alpha value is -2.58. The van der Waals surface area contributed by atoms with Crippen LogP contribution in [0.3, 0.4) is 0 Å². The highest BCUT2D eigenvalue weighted by atomic mass is 16.7. The van der Waals surface area contributed by atoms with Crippen molar-refractivity contribution in [3.8, 4) is 0 Å². The van der Waals surface area contributed by atoms with Crippen molar-refractivity contribution in [3.63, 3.8) is 0 Å². The van der Waals surface area contributed by atoms with Gasteiger partial charge >= 0.3 is 0 Å². The summed E-state index contributed by atoms with van der Waals surface area (Å²) < 4.78 is 23.8. The predicted octanol–water partition coefficient (Wildman–Crippen LogP) is 3.45. The van der Waals surface area contributed by atoms with Crippen molar-refractivity contribution in [1.29, 1.82) is 0 Å². The minimum Gasteiger partial charge on any atom is -0.385 e. The van der Waals surface area contributed by atoms with Gasteiger partial charge in [-0.05, 0) is 16.7 Å². The lowest BCUT2D eigenvalue weighted by Gasteiger charge is -2.28. The van der Waals surface area contributed by atoms with E-state index in [2.05, 4.69) is 0 Å². The summed E-state index contributed by atoms with van der Waals surface area (Å²) in [6.07, 6.45) is -4.55. The van der Waals surface area contributed by atoms with Gasteiger partial charge < -0.3 is 29.2 Å². The second-order valence-corrected chi connectivity index (χ2v) is 8.08. The standard InChI is InChI=1S/C27H30O6/c28-24-26(32-18-22-14-8-3-9-15-22)25(33-27(24)29)23(31-17-21-12-6-2-7-13-21)19-30-16-20-10-4-1-5-11-20/h1-15,23-29H,16-19H2/t23-,24+,25+,26+,27-/m0/s1. The van der Waals surface area contributed by atoms with Gasteiger partial charge in [0, 0.05) is 0 Å². The molecular formula is C27H30O6. The van der Waals surface area contributed by atoms with Gasteiger partial charge in [-0.1, -0.05) is 91.0 Å². The summed E-state index contributed by atoms with van der Waals surface area (Å²) >= 11 is 0. The molecule has 0 amide bonds. The molecule has 0 bridgehead atoms. The van der Waals surface area contributed by atoms with Crippen LogP contribution >= 0.6 is 0 Å². The molecule has 0 aliphatic carbocycles. The van der Waals surface area contributed by atoms with Crippen molar-refractivity contribution < 1.29 is 29.2 Å². The van der Waals surface area contributed by atoms with Crippen molar-refractivity contribution in [1.82, 2.24) is 0 Å². The molecule has 0 radical (unpaired) electrons. The maximum absolute atomic E-state index is 10.5. The topological polar surface area (TPSA) is 77.4 Å². The normalized spacial score (nSPS) is 23.5. The smallest absolute Gasteiger partial charge is 0.184 e. The van der Waals surface area contributed by atoms with E-state index in [0.717, 1.165) is 16.7 Å². The van der Waals surface area contributed by atoms with E-state index in [0.29, 0.717) is 13.2 Å². The van der Waals surface area contributed by atoms with Crippen molar-refractivity contribution in [2.24, 2.45) is 0 Å². The van der Waals surface area contributed by atoms with Gasteiger partial charge in [-0.2, -0.15) is 0 Å². The summed E-state index contributed by atoms with van der Waals surface area (Å²) in [4.78, 5) is 0. The molecule has 0 unspecified atom stereocenters. The van der Waals surface area contributed by atoms with Crippen LogP contribution in [0.4, 0.5) is 0 Å². The molecule has 6 heteroatoms. The van der Waals surface area contributed by atoms with E-state index in [1.54, 1.807) is 0 Å². The van der Waals surface area contributed by atoms with Gasteiger partial charge in [0.25, 0.3) is 0 Å². The number of benzene rings is 3. The zero-order chi connectivity index (χ0) is 22.9. The van der Waals surface area contributed by atoms with E-state index in [-0.39, 0.29) is 13.2 Å². The number of aliphatic hydroxyl groups excluding tert-OH is 2. The molecule has 1 aliphatic rings. The van der Waals surface area contributed by atoms with Crippen LogP contribution in [0.5, 0.6) is 0 Å². The Bertz CT molecular complexity index is 937. The first-order valence-electron chi connectivity index (χ1n) is 11.1. The van der Waals surface area contributed by atoms with Crippen molar-refractivity contribution in [2.75, 3.05) is 6.61 Å². The first-order chi connectivity index (χ1) is 16.2. The Labute approximate surface area is 194 Å². The molecule has 6 nitrogen and oxygen atoms in total. The number of aliphatic hydroxyl groups is 2. The summed E-state index contributed by atoms with van der Waals surface area (Å²) in [5, 5.41) is 20.8. The van der Waals surface area contributed by atoms with Crippen LogP contribution in [-0.4, -0.2) is 47.5 Å². The van der Waals surface area contributed by atoms with Crippen LogP contribution in [0.2, 0.25) is 0 Å². The second-order valence-electron chi connectivity index (χ2n) is 8.08. The highest BCUT2D eigenvalue weighted by molar-refractivity contribution is 5.15. The van der Waals surface area contributed by atoms with Crippen molar-refractivity contribution in [2.45, 2.75) is 50.5 Å². The zero-order valence-corrected chi connectivity index (χ0v) is 18.4. The summed E-state index contributed by atoms with van der Waals surface area (Å²) in [7, 11) is 0. The highest BCUT2D eigenvalue weighted by Gasteiger charge is 2.48. The molecule has 0 aromatic heterocycles. The van der Waals surface area contributed by atoms with Crippen LogP contribution in [0, 0.1) is 0 Å². The van der Waals surface area contributed by atoms with E-state index < -0.39 is 30.7 Å². The van der Waals surface area contributed by atoms with E-state index in [1.807, 2.05) is 91.0 Å². The zero-order valence-electron chi connectivity index (χ0n) is 18.4. The fraction of sp³-hybridized carbons (Fsp3) is 0.333. The van der Waals surface area contributed by atoms with Crippen LogP contribution < -0.4 is 0 Å². The minimum absolute atomic E-state index is 0.219. The lowest BCUT2D eigenvalue weighted by Crippen LogP contribution is -2.44. The maximum Gasteiger partial charge on any atom is 0.184 e. The van der Waals surface area contributed by atoms with E-state index >= 15 is 0 Å². The molecule has 2 N–H and O–H groups in total. The lowest BCUT2D eigenvalue weighted by molar-refractivity contribution is -0.170. The fourth-order valence-corrected chi connectivity index (χ4v) is 3.82. The van der Waals surface area contributed by atoms with E-state index in [4.69, 9.17) is 18.9 Å². The molecule has 1 heterocycles. The summed E-state index contributed by atoms with van der Waals surface area (Å²) in [6.45, 7) is 1.26. The summed E-state index contributed by atoms with van der Waals surface area (Å²) in [6, 6.07) is 29.3. The molecule has 1 saturated heterocycles. The van der Waals surface area contributed by atoms with Gasteiger partial charge in [-0.25, -0.2) is 0 Å². The molecule has 1 fully saturated rings. The Morgan fingerprint density at radius 2 is 1.21 bits per heavy atom. The third kappa shape index (κ3) is 6.71. The number of ether oxygens (including phenoxy) is 4. The highest BCUT2D eigenvalue weighted by Crippen LogP contribution is 2.28. The first-order valence-corrected chi connectivity index (χ1v) is 11.1. The van der Waals surface area contributed by atoms with Crippen LogP contribution in [0.15, 0.2) is 91.0 Å². The van der Waals surface area contributed by atoms with E-state index in [1.165, 1.54) is 0 Å². The molecular weight excluding hydrogens is 420 g/mol. The van der Waals surface area contributed by atoms with Gasteiger partial charge in [0.05, 0.1) is 26.4 Å². The van der Waals surface area contributed by atoms with E-state index in [9.17, 15) is 10.2 Å². The number of hydrogen-bond acceptors (Lipinski definition) is 6. The molecule has 3 aromatic carbocycles. The molecule has 0 spiro atoms. The molecule has 5 atom stereocenters. The molecule has 4 rings (SSSR count). The Morgan fingerprint density at radius 1 is 0.697 bits per heavy atom. The van der Waals surface area contributed by atoms with Crippen molar-refractivity contribution >= 4 is 0 Å². The van der Waals surface area contributed by atoms with Crippen molar-refractivity contribution in [3.05, 3.63) is 108 Å². The summed E-state index contributed by atoms with van der Waals surface area (Å²) in [5.74, 6) is 0. The monoisotopic (exact) mass is 450 g/mol. The maximum atomic E-state index is 10.5. The minimum atomic E-state index is -1.35. The largest absolute Gasteiger partial charge is 0.385 e. The van der Waals surface area contributed by atoms with Gasteiger partial charge in [-0.3, -0.25) is 0 Å². The second kappa shape index (κ2) is 12.0. The van der Waals surface area contributed by atoms with Crippen LogP contribution in [0.25, 0.3) is 0 Å². The number of rotatable bonds is 11. The molecule has 174 valence electrons. The van der Waals surface area contributed by atoms with Gasteiger partial charge in [-0.15, -0.1) is 0 Å². The third-order valence-corrected chi connectivity index (χ3v) is 5.60. The Balaban J connectivity index is 1.44. The van der Waals surface area contributed by atoms with Crippen LogP contribution in [0.1, 0.15) is 16.7 Å². The molecule has 1 aliphatic heterocycles. The first kappa shape index (κ1) is 23.6. The SMILES string of the molecule is O[C@@H]1[C@@H](OCc2ccccc2)[C@@H]([C@H](COCc2ccccc2)OCc2ccccc2)O[C@@H]1O. The quantitative estimate of drug-likeness (QED) is 0.466. The van der Waals surface area contributed by atoms with Gasteiger partial charge in [0.15, 0.2) is 6.29 Å². The summed E-state index contributed by atoms with van der Waals surface area (Å²) in [5.41, 5.74) is 3.02. The lowest BCUT2D eigenvalue weighted by atomic mass is 10.1. The fourth-order valence-electron chi connectivity index (χ4n) is 3.82. The van der Waals surface area contributed by atoms with Gasteiger partial charge in [0.1, 0.15) is 24.4 Å². The molecule has 33 heavy (non-hydrogen) atoms. The average molecular weight is 451 g/mol. The molecule has 0 saturated carbocycles. The van der Waals surface area contributed by atoms with Gasteiger partial charge in [0.2, 0.25) is 0 Å². The number of hydrogen-bond donors (Lipinski definition) is 2. The average Bonchev–Trinajstić information content (AvgIpc) is 3.15. The Morgan fingerprint density at radius 3 is 1.79 bits per heavy atom.